The molecule has 0 saturated heterocycles. The van der Waals surface area contributed by atoms with E-state index in [0.29, 0.717) is 15.6 Å². The van der Waals surface area contributed by atoms with E-state index in [0.717, 1.165) is 0 Å². The van der Waals surface area contributed by atoms with Crippen LogP contribution in [0.4, 0.5) is 10.4 Å². The molecule has 1 N–H and O–H groups in total. The maximum atomic E-state index is 13.5. The summed E-state index contributed by atoms with van der Waals surface area (Å²) in [6, 6.07) is 10.1. The maximum Gasteiger partial charge on any atom is 0.322 e. The molecule has 116 valence electrons. The van der Waals surface area contributed by atoms with Gasteiger partial charge in [-0.1, -0.05) is 40.4 Å². The molecule has 8 heteroatoms. The van der Waals surface area contributed by atoms with Crippen molar-refractivity contribution in [2.75, 3.05) is 5.32 Å². The highest BCUT2D eigenvalue weighted by Gasteiger charge is 2.16. The SMILES string of the molecule is O=C(Nc1nnc(-c2ccc(Cl)cc2Cl)o1)c1ccccc1F. The second kappa shape index (κ2) is 6.36. The molecule has 0 bridgehead atoms. The predicted molar refractivity (Wildman–Crippen MR) is 84.1 cm³/mol. The fraction of sp³-hybridized carbons (Fsp3) is 0. The fourth-order valence-electron chi connectivity index (χ4n) is 1.86. The molecular formula is C15H8Cl2FN3O2. The van der Waals surface area contributed by atoms with Crippen LogP contribution in [0.25, 0.3) is 11.5 Å². The van der Waals surface area contributed by atoms with E-state index < -0.39 is 11.7 Å². The van der Waals surface area contributed by atoms with Gasteiger partial charge < -0.3 is 4.42 Å². The summed E-state index contributed by atoms with van der Waals surface area (Å²) in [5.74, 6) is -1.23. The van der Waals surface area contributed by atoms with E-state index in [1.54, 1.807) is 18.2 Å². The molecule has 1 amide bonds. The van der Waals surface area contributed by atoms with Gasteiger partial charge in [-0.3, -0.25) is 10.1 Å². The van der Waals surface area contributed by atoms with Crippen LogP contribution in [0.1, 0.15) is 10.4 Å². The molecule has 0 saturated carbocycles. The van der Waals surface area contributed by atoms with Gasteiger partial charge in [-0.05, 0) is 30.3 Å². The maximum absolute atomic E-state index is 13.5. The minimum atomic E-state index is -0.694. The predicted octanol–water partition coefficient (Wildman–Crippen LogP) is 4.43. The van der Waals surface area contributed by atoms with Crippen LogP contribution < -0.4 is 5.32 Å². The van der Waals surface area contributed by atoms with Crippen molar-refractivity contribution in [3.8, 4) is 11.5 Å². The highest BCUT2D eigenvalue weighted by Crippen LogP contribution is 2.30. The van der Waals surface area contributed by atoms with Crippen LogP contribution in [0, 0.1) is 5.82 Å². The summed E-state index contributed by atoms with van der Waals surface area (Å²) in [6.45, 7) is 0. The first-order chi connectivity index (χ1) is 11.0. The van der Waals surface area contributed by atoms with Gasteiger partial charge in [-0.25, -0.2) is 4.39 Å². The molecule has 5 nitrogen and oxygen atoms in total. The Morgan fingerprint density at radius 3 is 2.65 bits per heavy atom. The van der Waals surface area contributed by atoms with E-state index in [1.165, 1.54) is 24.3 Å². The van der Waals surface area contributed by atoms with Crippen molar-refractivity contribution in [1.82, 2.24) is 10.2 Å². The third-order valence-electron chi connectivity index (χ3n) is 2.93. The monoisotopic (exact) mass is 351 g/mol. The Morgan fingerprint density at radius 1 is 1.13 bits per heavy atom. The lowest BCUT2D eigenvalue weighted by Gasteiger charge is -2.01. The first kappa shape index (κ1) is 15.5. The second-order valence-electron chi connectivity index (χ2n) is 4.47. The quantitative estimate of drug-likeness (QED) is 0.757. The number of amides is 1. The van der Waals surface area contributed by atoms with Gasteiger partial charge >= 0.3 is 6.01 Å². The molecule has 1 heterocycles. The highest BCUT2D eigenvalue weighted by atomic mass is 35.5. The van der Waals surface area contributed by atoms with Crippen LogP contribution in [0.5, 0.6) is 0 Å². The third-order valence-corrected chi connectivity index (χ3v) is 3.47. The Bertz CT molecular complexity index is 883. The van der Waals surface area contributed by atoms with Crippen LogP contribution in [0.2, 0.25) is 10.0 Å². The zero-order valence-corrected chi connectivity index (χ0v) is 12.9. The summed E-state index contributed by atoms with van der Waals surface area (Å²) in [7, 11) is 0. The number of hydrogen-bond donors (Lipinski definition) is 1. The summed E-state index contributed by atoms with van der Waals surface area (Å²) in [5.41, 5.74) is 0.340. The van der Waals surface area contributed by atoms with Gasteiger partial charge in [0.05, 0.1) is 16.1 Å². The normalized spacial score (nSPS) is 10.6. The first-order valence-electron chi connectivity index (χ1n) is 6.39. The molecule has 2 aromatic carbocycles. The molecule has 3 rings (SSSR count). The highest BCUT2D eigenvalue weighted by molar-refractivity contribution is 6.36. The zero-order chi connectivity index (χ0) is 16.4. The topological polar surface area (TPSA) is 68.0 Å². The summed E-state index contributed by atoms with van der Waals surface area (Å²) in [4.78, 5) is 12.0. The first-order valence-corrected chi connectivity index (χ1v) is 7.15. The number of aromatic nitrogens is 2. The lowest BCUT2D eigenvalue weighted by atomic mass is 10.2. The minimum Gasteiger partial charge on any atom is -0.403 e. The van der Waals surface area contributed by atoms with Crippen LogP contribution in [0.3, 0.4) is 0 Å². The molecular weight excluding hydrogens is 344 g/mol. The minimum absolute atomic E-state index is 0.107. The lowest BCUT2D eigenvalue weighted by molar-refractivity contribution is 0.102. The second-order valence-corrected chi connectivity index (χ2v) is 5.31. The van der Waals surface area contributed by atoms with Gasteiger partial charge in [-0.2, -0.15) is 0 Å². The lowest BCUT2D eigenvalue weighted by Crippen LogP contribution is -2.13. The van der Waals surface area contributed by atoms with Crippen molar-refractivity contribution in [3.63, 3.8) is 0 Å². The summed E-state index contributed by atoms with van der Waals surface area (Å²) >= 11 is 11.9. The van der Waals surface area contributed by atoms with E-state index in [9.17, 15) is 9.18 Å². The Hall–Kier alpha value is -2.44. The number of hydrogen-bond acceptors (Lipinski definition) is 4. The molecule has 0 aliphatic carbocycles. The fourth-order valence-corrected chi connectivity index (χ4v) is 2.34. The molecule has 0 spiro atoms. The van der Waals surface area contributed by atoms with Crippen LogP contribution in [-0.2, 0) is 0 Å². The van der Waals surface area contributed by atoms with Crippen LogP contribution in [-0.4, -0.2) is 16.1 Å². The summed E-state index contributed by atoms with van der Waals surface area (Å²) < 4.78 is 18.9. The van der Waals surface area contributed by atoms with E-state index in [2.05, 4.69) is 15.5 Å². The summed E-state index contributed by atoms with van der Waals surface area (Å²) in [6.07, 6.45) is 0. The van der Waals surface area contributed by atoms with Crippen molar-refractivity contribution >= 4 is 35.1 Å². The number of rotatable bonds is 3. The van der Waals surface area contributed by atoms with Crippen molar-refractivity contribution in [2.45, 2.75) is 0 Å². The molecule has 0 aliphatic rings. The molecule has 3 aromatic rings. The molecule has 0 atom stereocenters. The van der Waals surface area contributed by atoms with Crippen LogP contribution >= 0.6 is 23.2 Å². The van der Waals surface area contributed by atoms with E-state index in [1.807, 2.05) is 0 Å². The van der Waals surface area contributed by atoms with Crippen molar-refractivity contribution in [2.24, 2.45) is 0 Å². The molecule has 1 aromatic heterocycles. The smallest absolute Gasteiger partial charge is 0.322 e. The number of carbonyl (C=O) groups excluding carboxylic acids is 1. The standard InChI is InChI=1S/C15H8Cl2FN3O2/c16-8-5-6-9(11(17)7-8)14-20-21-15(23-14)19-13(22)10-3-1-2-4-12(10)18/h1-7H,(H,19,21,22). The largest absolute Gasteiger partial charge is 0.403 e. The van der Waals surface area contributed by atoms with Gasteiger partial charge in [0, 0.05) is 5.02 Å². The summed E-state index contributed by atoms with van der Waals surface area (Å²) in [5, 5.41) is 10.6. The average molecular weight is 352 g/mol. The molecule has 23 heavy (non-hydrogen) atoms. The Labute approximate surface area is 140 Å². The van der Waals surface area contributed by atoms with Crippen molar-refractivity contribution in [3.05, 3.63) is 63.9 Å². The molecule has 0 unspecified atom stereocenters. The van der Waals surface area contributed by atoms with Gasteiger partial charge in [0.1, 0.15) is 5.82 Å². The van der Waals surface area contributed by atoms with Gasteiger partial charge in [0.25, 0.3) is 11.8 Å². The van der Waals surface area contributed by atoms with E-state index in [-0.39, 0.29) is 17.5 Å². The number of nitrogens with zero attached hydrogens (tertiary/aromatic N) is 2. The number of halogens is 3. The van der Waals surface area contributed by atoms with Gasteiger partial charge in [-0.15, -0.1) is 5.10 Å². The van der Waals surface area contributed by atoms with E-state index >= 15 is 0 Å². The van der Waals surface area contributed by atoms with Crippen molar-refractivity contribution in [1.29, 1.82) is 0 Å². The molecule has 0 radical (unpaired) electrons. The van der Waals surface area contributed by atoms with Gasteiger partial charge in [0.15, 0.2) is 0 Å². The van der Waals surface area contributed by atoms with E-state index in [4.69, 9.17) is 27.6 Å². The van der Waals surface area contributed by atoms with Crippen LogP contribution in [0.15, 0.2) is 46.9 Å². The van der Waals surface area contributed by atoms with Gasteiger partial charge in [0.2, 0.25) is 0 Å². The molecule has 0 fully saturated rings. The number of benzene rings is 2. The number of carbonyl (C=O) groups is 1. The molecule has 0 aliphatic heterocycles. The number of nitrogens with one attached hydrogen (secondary N) is 1. The van der Waals surface area contributed by atoms with Crippen molar-refractivity contribution < 1.29 is 13.6 Å². The average Bonchev–Trinajstić information content (AvgIpc) is 2.95. The Kier molecular flexibility index (Phi) is 4.27. The number of anilines is 1. The third kappa shape index (κ3) is 3.33. The Morgan fingerprint density at radius 2 is 1.91 bits per heavy atom. The Balaban J connectivity index is 1.82. The zero-order valence-electron chi connectivity index (χ0n) is 11.4.